The number of carbonyl (C=O) groups is 1. The highest BCUT2D eigenvalue weighted by Crippen LogP contribution is 2.37. The van der Waals surface area contributed by atoms with Gasteiger partial charge in [0.1, 0.15) is 23.4 Å². The van der Waals surface area contributed by atoms with E-state index in [2.05, 4.69) is 31.4 Å². The number of hydrogen-bond donors (Lipinski definition) is 2. The van der Waals surface area contributed by atoms with Crippen LogP contribution in [0.1, 0.15) is 73.1 Å². The van der Waals surface area contributed by atoms with Crippen LogP contribution in [0.4, 0.5) is 11.5 Å². The maximum absolute atomic E-state index is 13.4. The first kappa shape index (κ1) is 28.7. The first-order valence-electron chi connectivity index (χ1n) is 14.6. The lowest BCUT2D eigenvalue weighted by molar-refractivity contribution is 0.102. The fourth-order valence-corrected chi connectivity index (χ4v) is 5.51. The molecule has 1 saturated carbocycles. The van der Waals surface area contributed by atoms with Crippen molar-refractivity contribution in [1.82, 2.24) is 34.5 Å². The van der Waals surface area contributed by atoms with Crippen LogP contribution < -0.4 is 16.6 Å². The number of carbonyl (C=O) groups excluding carboxylic acids is 1. The summed E-state index contributed by atoms with van der Waals surface area (Å²) >= 11 is 0. The number of pyridine rings is 1. The van der Waals surface area contributed by atoms with Crippen molar-refractivity contribution < 1.29 is 4.79 Å². The van der Waals surface area contributed by atoms with E-state index < -0.39 is 11.5 Å². The molecule has 0 aliphatic heterocycles. The predicted molar refractivity (Wildman–Crippen MR) is 166 cm³/mol. The molecule has 0 bridgehead atoms. The van der Waals surface area contributed by atoms with E-state index in [-0.39, 0.29) is 23.4 Å². The van der Waals surface area contributed by atoms with Crippen molar-refractivity contribution in [2.75, 3.05) is 11.1 Å². The normalized spacial score (nSPS) is 16.6. The van der Waals surface area contributed by atoms with E-state index in [0.29, 0.717) is 39.7 Å². The van der Waals surface area contributed by atoms with Crippen molar-refractivity contribution in [2.45, 2.75) is 58.4 Å². The number of aromatic nitrogens is 7. The highest BCUT2D eigenvalue weighted by molar-refractivity contribution is 6.04. The van der Waals surface area contributed by atoms with Crippen LogP contribution in [0.25, 0.3) is 28.1 Å². The molecule has 0 saturated heterocycles. The highest BCUT2D eigenvalue weighted by Gasteiger charge is 2.27. The van der Waals surface area contributed by atoms with E-state index in [0.717, 1.165) is 36.8 Å². The van der Waals surface area contributed by atoms with Crippen LogP contribution in [-0.4, -0.2) is 40.4 Å². The molecule has 1 amide bonds. The Balaban J connectivity index is 1.29. The van der Waals surface area contributed by atoms with E-state index in [9.17, 15) is 14.9 Å². The van der Waals surface area contributed by atoms with Crippen molar-refractivity contribution in [2.24, 2.45) is 5.92 Å². The maximum atomic E-state index is 13.4. The average Bonchev–Trinajstić information content (AvgIpc) is 3.43. The summed E-state index contributed by atoms with van der Waals surface area (Å²) < 4.78 is 3.09. The molecule has 0 spiro atoms. The van der Waals surface area contributed by atoms with Crippen LogP contribution in [0, 0.1) is 24.2 Å². The highest BCUT2D eigenvalue weighted by atomic mass is 16.2. The van der Waals surface area contributed by atoms with Crippen LogP contribution in [0.15, 0.2) is 59.8 Å². The summed E-state index contributed by atoms with van der Waals surface area (Å²) in [6, 6.07) is 14.7. The third-order valence-corrected chi connectivity index (χ3v) is 8.04. The number of nitrogens with one attached hydrogen (secondary N) is 1. The van der Waals surface area contributed by atoms with Crippen molar-refractivity contribution in [3.05, 3.63) is 82.2 Å². The first-order chi connectivity index (χ1) is 21.2. The summed E-state index contributed by atoms with van der Waals surface area (Å²) in [6.45, 7) is 5.79. The topological polar surface area (TPSA) is 170 Å². The lowest BCUT2D eigenvalue weighted by Gasteiger charge is -2.25. The summed E-state index contributed by atoms with van der Waals surface area (Å²) in [4.78, 5) is 39.8. The van der Waals surface area contributed by atoms with Crippen molar-refractivity contribution in [3.63, 3.8) is 0 Å². The molecule has 0 unspecified atom stereocenters. The second-order valence-corrected chi connectivity index (χ2v) is 11.5. The Hall–Kier alpha value is -5.44. The van der Waals surface area contributed by atoms with Crippen molar-refractivity contribution in [3.8, 4) is 23.1 Å². The molecule has 12 heteroatoms. The van der Waals surface area contributed by atoms with Gasteiger partial charge in [-0.15, -0.1) is 0 Å². The molecule has 222 valence electrons. The first-order valence-corrected chi connectivity index (χ1v) is 14.6. The quantitative estimate of drug-likeness (QED) is 0.278. The number of amides is 1. The number of nitrogens with two attached hydrogens (primary N) is 1. The van der Waals surface area contributed by atoms with Gasteiger partial charge in [0.05, 0.1) is 23.2 Å². The van der Waals surface area contributed by atoms with Crippen LogP contribution in [0.5, 0.6) is 0 Å². The molecule has 1 aliphatic carbocycles. The minimum Gasteiger partial charge on any atom is -0.383 e. The smallest absolute Gasteiger partial charge is 0.285 e. The fourth-order valence-electron chi connectivity index (χ4n) is 5.51. The van der Waals surface area contributed by atoms with Crippen LogP contribution in [-0.2, 0) is 0 Å². The molecule has 1 aliphatic rings. The molecular weight excluding hydrogens is 556 g/mol. The van der Waals surface area contributed by atoms with Gasteiger partial charge in [0.15, 0.2) is 11.5 Å². The summed E-state index contributed by atoms with van der Waals surface area (Å²) in [5.74, 6) is 0.173. The largest absolute Gasteiger partial charge is 0.383 e. The number of nitrogen functional groups attached to an aromatic ring is 1. The summed E-state index contributed by atoms with van der Waals surface area (Å²) in [5.41, 5.74) is 9.83. The van der Waals surface area contributed by atoms with Gasteiger partial charge in [-0.3, -0.25) is 9.59 Å². The summed E-state index contributed by atoms with van der Waals surface area (Å²) in [5, 5.41) is 22.2. The number of benzene rings is 1. The van der Waals surface area contributed by atoms with Gasteiger partial charge in [-0.1, -0.05) is 32.0 Å². The molecule has 0 atom stereocenters. The molecule has 44 heavy (non-hydrogen) atoms. The zero-order chi connectivity index (χ0) is 31.0. The average molecular weight is 589 g/mol. The van der Waals surface area contributed by atoms with Gasteiger partial charge in [0.2, 0.25) is 0 Å². The Labute approximate surface area is 253 Å². The Morgan fingerprint density at radius 2 is 1.80 bits per heavy atom. The van der Waals surface area contributed by atoms with E-state index in [1.807, 2.05) is 43.7 Å². The lowest BCUT2D eigenvalue weighted by atomic mass is 9.87. The van der Waals surface area contributed by atoms with Crippen molar-refractivity contribution >= 4 is 28.4 Å². The zero-order valence-corrected chi connectivity index (χ0v) is 24.7. The van der Waals surface area contributed by atoms with Gasteiger partial charge < -0.3 is 11.1 Å². The maximum Gasteiger partial charge on any atom is 0.285 e. The fraction of sp³-hybridized carbons (Fsp3) is 0.312. The van der Waals surface area contributed by atoms with E-state index in [1.54, 1.807) is 24.4 Å². The molecule has 12 nitrogen and oxygen atoms in total. The SMILES string of the molecule is Cc1ccc(-n2nc(C(C)C)cc(C(=O)Nc3ccc(-c4nn(C5CCC(C#N)CC5)c5ncnc(N)c45)cc3)c2=O)nc1. The number of aryl methyl sites for hydroxylation is 1. The van der Waals surface area contributed by atoms with E-state index >= 15 is 0 Å². The van der Waals surface area contributed by atoms with Gasteiger partial charge >= 0.3 is 0 Å². The summed E-state index contributed by atoms with van der Waals surface area (Å²) in [7, 11) is 0. The molecular formula is C32H32N10O2. The van der Waals surface area contributed by atoms with E-state index in [4.69, 9.17) is 10.8 Å². The van der Waals surface area contributed by atoms with Gasteiger partial charge in [-0.2, -0.15) is 20.1 Å². The molecule has 5 aromatic rings. The van der Waals surface area contributed by atoms with E-state index in [1.165, 1.54) is 17.1 Å². The second kappa shape index (κ2) is 11.7. The molecule has 1 fully saturated rings. The molecule has 0 radical (unpaired) electrons. The summed E-state index contributed by atoms with van der Waals surface area (Å²) in [6.07, 6.45) is 6.38. The van der Waals surface area contributed by atoms with Crippen LogP contribution in [0.3, 0.4) is 0 Å². The Morgan fingerprint density at radius 3 is 2.45 bits per heavy atom. The predicted octanol–water partition coefficient (Wildman–Crippen LogP) is 4.96. The number of fused-ring (bicyclic) bond motifs is 1. The Bertz CT molecular complexity index is 1950. The monoisotopic (exact) mass is 588 g/mol. The Kier molecular flexibility index (Phi) is 7.61. The number of nitriles is 1. The number of rotatable bonds is 6. The molecule has 1 aromatic carbocycles. The van der Waals surface area contributed by atoms with Crippen molar-refractivity contribution in [1.29, 1.82) is 5.26 Å². The standard InChI is InChI=1S/C32H32N10O2/c1-18(2)25-14-24(32(44)42(39-25)26-13-4-19(3)16-35-26)31(43)38-22-9-7-21(8-10-22)28-27-29(34)36-17-37-30(27)41(40-28)23-11-5-20(15-33)6-12-23/h4,7-10,13-14,16-18,20,23H,5-6,11-12H2,1-3H3,(H,38,43)(H2,34,36,37). The Morgan fingerprint density at radius 1 is 1.05 bits per heavy atom. The molecule has 3 N–H and O–H groups in total. The van der Waals surface area contributed by atoms with Gasteiger partial charge in [0.25, 0.3) is 11.5 Å². The number of hydrogen-bond acceptors (Lipinski definition) is 9. The van der Waals surface area contributed by atoms with Gasteiger partial charge in [0, 0.05) is 23.4 Å². The molecule has 4 heterocycles. The van der Waals surface area contributed by atoms with Gasteiger partial charge in [-0.25, -0.2) is 19.6 Å². The number of anilines is 2. The lowest BCUT2D eigenvalue weighted by Crippen LogP contribution is -2.31. The second-order valence-electron chi connectivity index (χ2n) is 11.5. The molecule has 6 rings (SSSR count). The number of nitrogens with zero attached hydrogens (tertiary/aromatic N) is 8. The molecule has 4 aromatic heterocycles. The minimum absolute atomic E-state index is 0.0226. The van der Waals surface area contributed by atoms with Crippen LogP contribution >= 0.6 is 0 Å². The van der Waals surface area contributed by atoms with Crippen LogP contribution in [0.2, 0.25) is 0 Å². The third kappa shape index (κ3) is 5.40. The zero-order valence-electron chi connectivity index (χ0n) is 24.7. The third-order valence-electron chi connectivity index (χ3n) is 8.04. The minimum atomic E-state index is -0.559. The van der Waals surface area contributed by atoms with Gasteiger partial charge in [-0.05, 0) is 68.4 Å².